The molecule has 0 aliphatic heterocycles. The quantitative estimate of drug-likeness (QED) is 0.178. The minimum atomic E-state index is -0.0497. The highest BCUT2D eigenvalue weighted by Gasteiger charge is 2.43. The van der Waals surface area contributed by atoms with Crippen molar-refractivity contribution in [3.63, 3.8) is 0 Å². The largest absolute Gasteiger partial charge is 0.317 e. The fourth-order valence-corrected chi connectivity index (χ4v) is 9.35. The van der Waals surface area contributed by atoms with Crippen LogP contribution < -0.4 is 4.72 Å². The molecule has 2 nitrogen and oxygen atoms in total. The van der Waals surface area contributed by atoms with E-state index < -0.39 is 0 Å². The lowest BCUT2D eigenvalue weighted by Gasteiger charge is -2.49. The monoisotopic (exact) mass is 562 g/mol. The Morgan fingerprint density at radius 2 is 1.26 bits per heavy atom. The van der Waals surface area contributed by atoms with Crippen molar-refractivity contribution in [1.29, 1.82) is 0 Å². The van der Waals surface area contributed by atoms with Crippen LogP contribution in [0.3, 0.4) is 0 Å². The van der Waals surface area contributed by atoms with Crippen molar-refractivity contribution < 1.29 is 4.55 Å². The fourth-order valence-electron chi connectivity index (χ4n) is 6.82. The number of nitrogens with one attached hydrogen (secondary N) is 1. The van der Waals surface area contributed by atoms with Crippen molar-refractivity contribution >= 4 is 23.1 Å². The summed E-state index contributed by atoms with van der Waals surface area (Å²) in [5, 5.41) is 0. The minimum Gasteiger partial charge on any atom is -0.317 e. The molecule has 39 heavy (non-hydrogen) atoms. The summed E-state index contributed by atoms with van der Waals surface area (Å²) in [5.74, 6) is 2.80. The van der Waals surface area contributed by atoms with Crippen molar-refractivity contribution in [3.05, 3.63) is 90.5 Å². The molecule has 3 unspecified atom stereocenters. The molecule has 2 bridgehead atoms. The van der Waals surface area contributed by atoms with Crippen molar-refractivity contribution in [3.8, 4) is 0 Å². The van der Waals surface area contributed by atoms with E-state index in [0.29, 0.717) is 11.5 Å². The SMILES string of the molecule is CC(C)(C)c1ccc([S+](c2ccccc2)c2ccccc2)cc1.CC1CC2CC(C1)CC(C)(C(C)NSO)C2. The van der Waals surface area contributed by atoms with Crippen LogP contribution in [0.25, 0.3) is 0 Å². The summed E-state index contributed by atoms with van der Waals surface area (Å²) >= 11 is 0.781. The molecular formula is C35H48NOS2+. The molecule has 2 aliphatic rings. The molecule has 5 rings (SSSR count). The average Bonchev–Trinajstić information content (AvgIpc) is 2.90. The summed E-state index contributed by atoms with van der Waals surface area (Å²) in [6.45, 7) is 13.8. The molecule has 0 amide bonds. The van der Waals surface area contributed by atoms with E-state index in [-0.39, 0.29) is 16.3 Å². The molecule has 210 valence electrons. The zero-order valence-electron chi connectivity index (χ0n) is 24.7. The van der Waals surface area contributed by atoms with Crippen LogP contribution in [0.1, 0.15) is 79.2 Å². The zero-order chi connectivity index (χ0) is 28.0. The summed E-state index contributed by atoms with van der Waals surface area (Å²) in [6, 6.07) is 31.1. The summed E-state index contributed by atoms with van der Waals surface area (Å²) in [4.78, 5) is 4.10. The maximum Gasteiger partial charge on any atom is 0.166 e. The Labute approximate surface area is 245 Å². The van der Waals surface area contributed by atoms with Gasteiger partial charge in [0.25, 0.3) is 0 Å². The molecule has 0 spiro atoms. The fraction of sp³-hybridized carbons (Fsp3) is 0.486. The van der Waals surface area contributed by atoms with Gasteiger partial charge in [-0.05, 0) is 110 Å². The van der Waals surface area contributed by atoms with Gasteiger partial charge in [-0.15, -0.1) is 0 Å². The summed E-state index contributed by atoms with van der Waals surface area (Å²) in [5.41, 5.74) is 1.95. The lowest BCUT2D eigenvalue weighted by atomic mass is 9.58. The van der Waals surface area contributed by atoms with Crippen LogP contribution in [-0.2, 0) is 16.3 Å². The topological polar surface area (TPSA) is 32.3 Å². The predicted molar refractivity (Wildman–Crippen MR) is 170 cm³/mol. The Balaban J connectivity index is 0.000000193. The Morgan fingerprint density at radius 3 is 1.69 bits per heavy atom. The zero-order valence-corrected chi connectivity index (χ0v) is 26.3. The molecule has 0 heterocycles. The molecule has 3 aromatic carbocycles. The van der Waals surface area contributed by atoms with Gasteiger partial charge in [0.15, 0.2) is 14.7 Å². The second-order valence-electron chi connectivity index (χ2n) is 13.2. The molecule has 3 aromatic rings. The van der Waals surface area contributed by atoms with E-state index >= 15 is 0 Å². The molecule has 2 N–H and O–H groups in total. The van der Waals surface area contributed by atoms with Gasteiger partial charge in [-0.3, -0.25) is 0 Å². The van der Waals surface area contributed by atoms with E-state index in [0.717, 1.165) is 30.0 Å². The van der Waals surface area contributed by atoms with Crippen LogP contribution in [0.4, 0.5) is 0 Å². The third kappa shape index (κ3) is 7.94. The van der Waals surface area contributed by atoms with Gasteiger partial charge in [-0.1, -0.05) is 83.1 Å². The van der Waals surface area contributed by atoms with Gasteiger partial charge in [0, 0.05) is 6.04 Å². The molecule has 2 fully saturated rings. The van der Waals surface area contributed by atoms with Crippen molar-refractivity contribution in [2.45, 2.75) is 99.8 Å². The van der Waals surface area contributed by atoms with E-state index in [1.807, 2.05) is 0 Å². The molecule has 3 atom stereocenters. The van der Waals surface area contributed by atoms with Gasteiger partial charge in [0.05, 0.1) is 23.1 Å². The van der Waals surface area contributed by atoms with Crippen LogP contribution >= 0.6 is 12.2 Å². The van der Waals surface area contributed by atoms with Crippen molar-refractivity contribution in [2.75, 3.05) is 0 Å². The van der Waals surface area contributed by atoms with Crippen molar-refractivity contribution in [2.24, 2.45) is 23.2 Å². The number of fused-ring (bicyclic) bond motifs is 2. The Morgan fingerprint density at radius 1 is 0.795 bits per heavy atom. The minimum absolute atomic E-state index is 0.0497. The highest BCUT2D eigenvalue weighted by molar-refractivity contribution is 7.97. The van der Waals surface area contributed by atoms with Crippen LogP contribution in [0.2, 0.25) is 0 Å². The van der Waals surface area contributed by atoms with Gasteiger partial charge in [-0.2, -0.15) is 0 Å². The molecule has 2 saturated carbocycles. The maximum atomic E-state index is 8.93. The van der Waals surface area contributed by atoms with Gasteiger partial charge < -0.3 is 4.55 Å². The van der Waals surface area contributed by atoms with Gasteiger partial charge in [0.1, 0.15) is 0 Å². The van der Waals surface area contributed by atoms with Crippen LogP contribution in [0.15, 0.2) is 99.6 Å². The predicted octanol–water partition coefficient (Wildman–Crippen LogP) is 10.0. The van der Waals surface area contributed by atoms with Gasteiger partial charge in [-0.25, -0.2) is 4.72 Å². The molecule has 0 aromatic heterocycles. The molecule has 0 saturated heterocycles. The number of hydrogen-bond acceptors (Lipinski definition) is 3. The average molecular weight is 563 g/mol. The second kappa shape index (κ2) is 13.3. The first kappa shape index (κ1) is 30.2. The first-order valence-corrected chi connectivity index (χ1v) is 16.6. The molecule has 0 radical (unpaired) electrons. The smallest absolute Gasteiger partial charge is 0.166 e. The summed E-state index contributed by atoms with van der Waals surface area (Å²) < 4.78 is 12.1. The van der Waals surface area contributed by atoms with Crippen LogP contribution in [0, 0.1) is 23.2 Å². The van der Waals surface area contributed by atoms with Crippen LogP contribution in [0.5, 0.6) is 0 Å². The first-order valence-electron chi connectivity index (χ1n) is 14.6. The van der Waals surface area contributed by atoms with E-state index in [1.54, 1.807) is 0 Å². The Bertz CT molecular complexity index is 1090. The molecule has 4 heteroatoms. The standard InChI is InChI=1S/C22H23S.C13H25NOS/c1-22(2,3)18-14-16-21(17-15-18)23(19-10-6-4-7-11-19)20-12-8-5-9-13-20;1-9-4-11-6-12(5-9)8-13(3,7-11)10(2)14-16-15/h4-17H,1-3H3;9-12,14-15H,4-8H2,1-3H3/q+1;. The second-order valence-corrected chi connectivity index (χ2v) is 15.7. The third-order valence-corrected chi connectivity index (χ3v) is 11.5. The van der Waals surface area contributed by atoms with E-state index in [9.17, 15) is 0 Å². The number of rotatable bonds is 6. The van der Waals surface area contributed by atoms with Crippen molar-refractivity contribution in [1.82, 2.24) is 4.72 Å². The van der Waals surface area contributed by atoms with E-state index in [2.05, 4.69) is 131 Å². The van der Waals surface area contributed by atoms with Gasteiger partial charge in [0.2, 0.25) is 0 Å². The van der Waals surface area contributed by atoms with Gasteiger partial charge >= 0.3 is 0 Å². The Kier molecular flexibility index (Phi) is 10.3. The summed E-state index contributed by atoms with van der Waals surface area (Å²) in [6.07, 6.45) is 6.97. The third-order valence-electron chi connectivity index (χ3n) is 8.84. The lowest BCUT2D eigenvalue weighted by molar-refractivity contribution is 0.0300. The lowest BCUT2D eigenvalue weighted by Crippen LogP contribution is -2.46. The first-order chi connectivity index (χ1) is 18.6. The normalized spacial score (nSPS) is 25.5. The maximum absolute atomic E-state index is 8.93. The van der Waals surface area contributed by atoms with Crippen LogP contribution in [-0.4, -0.2) is 10.6 Å². The number of benzene rings is 3. The van der Waals surface area contributed by atoms with E-state index in [4.69, 9.17) is 4.55 Å². The number of hydrogen-bond donors (Lipinski definition) is 2. The van der Waals surface area contributed by atoms with E-state index in [1.165, 1.54) is 52.4 Å². The Hall–Kier alpha value is -1.72. The summed E-state index contributed by atoms with van der Waals surface area (Å²) in [7, 11) is -0.0497. The highest BCUT2D eigenvalue weighted by Crippen LogP contribution is 2.51. The highest BCUT2D eigenvalue weighted by atomic mass is 32.2. The molecule has 2 aliphatic carbocycles. The molecular weight excluding hydrogens is 515 g/mol.